The number of nitrogens with zero attached hydrogens (tertiary/aromatic N) is 3. The quantitative estimate of drug-likeness (QED) is 0.133. The minimum absolute atomic E-state index is 0.0117. The summed E-state index contributed by atoms with van der Waals surface area (Å²) in [5.74, 6) is -1.99. The van der Waals surface area contributed by atoms with Gasteiger partial charge in [0.05, 0.1) is 27.7 Å². The first kappa shape index (κ1) is 41.2. The van der Waals surface area contributed by atoms with Gasteiger partial charge in [0.2, 0.25) is 17.7 Å². The average Bonchev–Trinajstić information content (AvgIpc) is 3.66. The monoisotopic (exact) mass is 792 g/mol. The molecule has 2 unspecified atom stereocenters. The van der Waals surface area contributed by atoms with E-state index in [2.05, 4.69) is 21.9 Å². The van der Waals surface area contributed by atoms with Crippen LogP contribution >= 0.6 is 11.3 Å². The standard InChI is InChI=1S/C39H48N6O8S2/c1-7-11-29(34(47)44-55(51)26-16-17-26)41-35(48)31-21-25(52-36-33(32-14-10-19-54-32)40-27-12-8-9-13-28(27)42-36)22-45(31)37(49)30(18-15-24(46)20-23(2)3)43-38(50)53-39(4,5)6/h7-10,12-14,19-20,25-26,29-31H,1,11,15-18,21-22H2,2-6H3,(H,41,48)(H,43,50)(H,44,47)/t25?,29-,30+,31+,55?/m1/s1. The number of likely N-dealkylation sites (tertiary alicyclic amines) is 1. The van der Waals surface area contributed by atoms with Crippen LogP contribution in [0, 0.1) is 0 Å². The smallest absolute Gasteiger partial charge is 0.408 e. The Bertz CT molecular complexity index is 1970. The second kappa shape index (κ2) is 18.1. The fraction of sp³-hybridized carbons (Fsp3) is 0.462. The van der Waals surface area contributed by atoms with Gasteiger partial charge < -0.3 is 25.0 Å². The molecule has 1 saturated carbocycles. The molecule has 0 bridgehead atoms. The van der Waals surface area contributed by atoms with Gasteiger partial charge in [-0.05, 0) is 90.0 Å². The minimum atomic E-state index is -1.59. The second-order valence-corrected chi connectivity index (χ2v) is 17.2. The van der Waals surface area contributed by atoms with E-state index in [1.165, 1.54) is 28.4 Å². The first-order chi connectivity index (χ1) is 26.1. The van der Waals surface area contributed by atoms with Gasteiger partial charge >= 0.3 is 6.09 Å². The van der Waals surface area contributed by atoms with Gasteiger partial charge in [-0.2, -0.15) is 0 Å². The molecule has 2 fully saturated rings. The van der Waals surface area contributed by atoms with Crippen molar-refractivity contribution >= 4 is 63.0 Å². The molecule has 16 heteroatoms. The molecule has 0 radical (unpaired) electrons. The number of ketones is 1. The number of rotatable bonds is 16. The number of carbonyl (C=O) groups is 5. The summed E-state index contributed by atoms with van der Waals surface area (Å²) >= 11 is 1.45. The maximum atomic E-state index is 14.5. The van der Waals surface area contributed by atoms with Gasteiger partial charge in [-0.25, -0.2) is 19.0 Å². The fourth-order valence-corrected chi connectivity index (χ4v) is 7.74. The van der Waals surface area contributed by atoms with Gasteiger partial charge in [0, 0.05) is 12.8 Å². The lowest BCUT2D eigenvalue weighted by molar-refractivity contribution is -0.141. The molecule has 3 aromatic rings. The first-order valence-corrected chi connectivity index (χ1v) is 20.3. The number of ether oxygens (including phenoxy) is 2. The molecule has 1 aromatic carbocycles. The highest BCUT2D eigenvalue weighted by Crippen LogP contribution is 2.34. The van der Waals surface area contributed by atoms with Crippen LogP contribution in [0.15, 0.2) is 66.1 Å². The zero-order valence-corrected chi connectivity index (χ0v) is 33.3. The third-order valence-electron chi connectivity index (χ3n) is 8.60. The molecule has 3 N–H and O–H groups in total. The molecule has 2 aromatic heterocycles. The van der Waals surface area contributed by atoms with E-state index in [1.807, 2.05) is 35.7 Å². The van der Waals surface area contributed by atoms with Crippen molar-refractivity contribution in [2.24, 2.45) is 0 Å². The van der Waals surface area contributed by atoms with Gasteiger partial charge in [-0.3, -0.25) is 23.9 Å². The van der Waals surface area contributed by atoms with Crippen LogP contribution in [0.5, 0.6) is 5.88 Å². The molecule has 55 heavy (non-hydrogen) atoms. The maximum absolute atomic E-state index is 14.5. The molecule has 294 valence electrons. The van der Waals surface area contributed by atoms with E-state index in [0.29, 0.717) is 16.7 Å². The molecule has 1 saturated heterocycles. The van der Waals surface area contributed by atoms with Crippen LogP contribution in [0.25, 0.3) is 21.6 Å². The number of thiophene rings is 1. The number of hydrogen-bond acceptors (Lipinski definition) is 11. The second-order valence-electron chi connectivity index (χ2n) is 14.8. The van der Waals surface area contributed by atoms with Crippen molar-refractivity contribution in [3.63, 3.8) is 0 Å². The number of nitrogens with one attached hydrogen (secondary N) is 3. The van der Waals surface area contributed by atoms with Crippen molar-refractivity contribution in [3.8, 4) is 16.5 Å². The Morgan fingerprint density at radius 2 is 1.75 bits per heavy atom. The summed E-state index contributed by atoms with van der Waals surface area (Å²) in [4.78, 5) is 79.3. The van der Waals surface area contributed by atoms with Gasteiger partial charge in [0.1, 0.15) is 46.5 Å². The Morgan fingerprint density at radius 1 is 1.04 bits per heavy atom. The van der Waals surface area contributed by atoms with E-state index >= 15 is 0 Å². The van der Waals surface area contributed by atoms with Gasteiger partial charge in [0.25, 0.3) is 5.91 Å². The summed E-state index contributed by atoms with van der Waals surface area (Å²) in [6, 6.07) is 7.55. The first-order valence-electron chi connectivity index (χ1n) is 18.2. The number of para-hydroxylation sites is 2. The minimum Gasteiger partial charge on any atom is -0.471 e. The zero-order valence-electron chi connectivity index (χ0n) is 31.7. The Morgan fingerprint density at radius 3 is 2.36 bits per heavy atom. The molecule has 4 amide bonds. The van der Waals surface area contributed by atoms with Crippen LogP contribution in [0.3, 0.4) is 0 Å². The SMILES string of the molecule is C=CC[C@@H](NC(=O)[C@@H]1CC(Oc2nc3ccccc3nc2-c2cccs2)CN1C(=O)[C@H](CCC(=O)C=C(C)C)NC(=O)OC(C)(C)C)C(=O)NS(=O)C1CC1. The van der Waals surface area contributed by atoms with E-state index in [4.69, 9.17) is 19.4 Å². The topological polar surface area (TPSA) is 186 Å². The number of carbonyl (C=O) groups excluding carboxylic acids is 5. The summed E-state index contributed by atoms with van der Waals surface area (Å²) in [7, 11) is -1.59. The number of benzene rings is 1. The summed E-state index contributed by atoms with van der Waals surface area (Å²) in [6.45, 7) is 12.2. The Labute approximate surface area is 327 Å². The highest BCUT2D eigenvalue weighted by molar-refractivity contribution is 7.84. The lowest BCUT2D eigenvalue weighted by Gasteiger charge is -2.30. The van der Waals surface area contributed by atoms with Crippen LogP contribution in [-0.4, -0.2) is 90.3 Å². The third-order valence-corrected chi connectivity index (χ3v) is 11.0. The molecule has 5 atom stereocenters. The third kappa shape index (κ3) is 11.5. The Balaban J connectivity index is 1.46. The molecule has 1 aliphatic carbocycles. The summed E-state index contributed by atoms with van der Waals surface area (Å²) in [5.41, 5.74) is 1.64. The van der Waals surface area contributed by atoms with Crippen molar-refractivity contribution in [1.29, 1.82) is 0 Å². The summed E-state index contributed by atoms with van der Waals surface area (Å²) in [5, 5.41) is 7.13. The van der Waals surface area contributed by atoms with Gasteiger partial charge in [-0.15, -0.1) is 17.9 Å². The van der Waals surface area contributed by atoms with Crippen molar-refractivity contribution in [2.75, 3.05) is 6.54 Å². The van der Waals surface area contributed by atoms with Crippen molar-refractivity contribution in [2.45, 2.75) is 108 Å². The van der Waals surface area contributed by atoms with Gasteiger partial charge in [-0.1, -0.05) is 29.8 Å². The molecule has 2 aliphatic rings. The normalized spacial score (nSPS) is 18.4. The van der Waals surface area contributed by atoms with E-state index in [-0.39, 0.29) is 49.1 Å². The molecular weight excluding hydrogens is 745 g/mol. The van der Waals surface area contributed by atoms with E-state index in [1.54, 1.807) is 40.7 Å². The number of aromatic nitrogens is 2. The van der Waals surface area contributed by atoms with Crippen molar-refractivity contribution < 1.29 is 37.7 Å². The molecular formula is C39H48N6O8S2. The summed E-state index contributed by atoms with van der Waals surface area (Å²) < 4.78 is 27.0. The predicted octanol–water partition coefficient (Wildman–Crippen LogP) is 4.92. The average molecular weight is 793 g/mol. The number of hydrogen-bond donors (Lipinski definition) is 3. The number of alkyl carbamates (subject to hydrolysis) is 1. The van der Waals surface area contributed by atoms with Crippen LogP contribution in [0.1, 0.15) is 73.1 Å². The largest absolute Gasteiger partial charge is 0.471 e. The highest BCUT2D eigenvalue weighted by Gasteiger charge is 2.45. The maximum Gasteiger partial charge on any atom is 0.408 e. The number of allylic oxidation sites excluding steroid dienone is 2. The molecule has 0 spiro atoms. The van der Waals surface area contributed by atoms with E-state index in [9.17, 15) is 28.2 Å². The number of fused-ring (bicyclic) bond motifs is 1. The zero-order chi connectivity index (χ0) is 39.9. The van der Waals surface area contributed by atoms with E-state index in [0.717, 1.165) is 23.3 Å². The van der Waals surface area contributed by atoms with Crippen LogP contribution in [0.2, 0.25) is 0 Å². The molecule has 14 nitrogen and oxygen atoms in total. The Hall–Kier alpha value is -4.96. The van der Waals surface area contributed by atoms with Crippen LogP contribution in [-0.2, 0) is 34.9 Å². The van der Waals surface area contributed by atoms with Crippen molar-refractivity contribution in [3.05, 3.63) is 66.1 Å². The Kier molecular flexibility index (Phi) is 13.6. The lowest BCUT2D eigenvalue weighted by atomic mass is 10.1. The summed E-state index contributed by atoms with van der Waals surface area (Å²) in [6.07, 6.45) is 2.62. The lowest BCUT2D eigenvalue weighted by Crippen LogP contribution is -2.56. The molecule has 3 heterocycles. The van der Waals surface area contributed by atoms with E-state index < -0.39 is 64.6 Å². The molecule has 1 aliphatic heterocycles. The van der Waals surface area contributed by atoms with Crippen LogP contribution in [0.4, 0.5) is 4.79 Å². The molecule has 5 rings (SSSR count). The van der Waals surface area contributed by atoms with Crippen LogP contribution < -0.4 is 20.1 Å². The predicted molar refractivity (Wildman–Crippen MR) is 210 cm³/mol. The highest BCUT2D eigenvalue weighted by atomic mass is 32.2. The fourth-order valence-electron chi connectivity index (χ4n) is 5.96. The van der Waals surface area contributed by atoms with Crippen molar-refractivity contribution in [1.82, 2.24) is 30.2 Å². The number of amides is 4. The van der Waals surface area contributed by atoms with Gasteiger partial charge in [0.15, 0.2) is 5.78 Å².